The second kappa shape index (κ2) is 8.16. The zero-order valence-corrected chi connectivity index (χ0v) is 17.8. The second-order valence-electron chi connectivity index (χ2n) is 7.57. The maximum absolute atomic E-state index is 13.5. The van der Waals surface area contributed by atoms with Crippen molar-refractivity contribution in [1.82, 2.24) is 4.90 Å². The van der Waals surface area contributed by atoms with E-state index in [0.29, 0.717) is 24.9 Å². The second-order valence-corrected chi connectivity index (χ2v) is 9.58. The van der Waals surface area contributed by atoms with Gasteiger partial charge in [-0.2, -0.15) is 0 Å². The molecule has 0 saturated carbocycles. The molecule has 7 heteroatoms. The van der Waals surface area contributed by atoms with Crippen LogP contribution >= 0.6 is 0 Å². The first-order valence-corrected chi connectivity index (χ1v) is 11.5. The van der Waals surface area contributed by atoms with Crippen LogP contribution < -0.4 is 4.74 Å². The van der Waals surface area contributed by atoms with Crippen molar-refractivity contribution >= 4 is 15.7 Å². The van der Waals surface area contributed by atoms with E-state index in [0.717, 1.165) is 17.6 Å². The van der Waals surface area contributed by atoms with E-state index in [4.69, 9.17) is 4.74 Å². The molecule has 2 aromatic rings. The summed E-state index contributed by atoms with van der Waals surface area (Å²) in [6.07, 6.45) is 1.49. The first-order chi connectivity index (χ1) is 13.7. The topological polar surface area (TPSA) is 83.9 Å². The number of aliphatic hydroxyl groups excluding tert-OH is 1. The van der Waals surface area contributed by atoms with Gasteiger partial charge in [-0.25, -0.2) is 8.42 Å². The Morgan fingerprint density at radius 3 is 2.28 bits per heavy atom. The van der Waals surface area contributed by atoms with Gasteiger partial charge in [-0.15, -0.1) is 0 Å². The third-order valence-corrected chi connectivity index (χ3v) is 6.73. The van der Waals surface area contributed by atoms with Crippen molar-refractivity contribution in [3.8, 4) is 5.75 Å². The molecule has 0 bridgehead atoms. The van der Waals surface area contributed by atoms with Gasteiger partial charge in [0.25, 0.3) is 0 Å². The van der Waals surface area contributed by atoms with Gasteiger partial charge in [0.1, 0.15) is 11.2 Å². The Balaban J connectivity index is 1.92. The van der Waals surface area contributed by atoms with Crippen molar-refractivity contribution < 1.29 is 23.1 Å². The number of carbonyl (C=O) groups is 1. The van der Waals surface area contributed by atoms with Gasteiger partial charge in [-0.3, -0.25) is 4.79 Å². The Bertz CT molecular complexity index is 969. The summed E-state index contributed by atoms with van der Waals surface area (Å²) < 4.78 is 28.7. The normalized spacial score (nSPS) is 22.1. The highest BCUT2D eigenvalue weighted by molar-refractivity contribution is 7.90. The first kappa shape index (κ1) is 21.3. The number of nitrogens with zero attached hydrogens (tertiary/aromatic N) is 1. The number of methoxy groups -OCH3 is 1. The maximum Gasteiger partial charge on any atom is 0.236 e. The molecule has 0 aromatic heterocycles. The van der Waals surface area contributed by atoms with Gasteiger partial charge in [0.15, 0.2) is 9.84 Å². The van der Waals surface area contributed by atoms with Gasteiger partial charge in [0.2, 0.25) is 5.91 Å². The minimum absolute atomic E-state index is 0.130. The van der Waals surface area contributed by atoms with Crippen LogP contribution in [-0.4, -0.2) is 50.3 Å². The average molecular weight is 418 g/mol. The largest absolute Gasteiger partial charge is 0.497 e. The minimum Gasteiger partial charge on any atom is -0.497 e. The molecule has 1 aliphatic heterocycles. The molecule has 1 amide bonds. The van der Waals surface area contributed by atoms with Gasteiger partial charge in [-0.1, -0.05) is 37.6 Å². The van der Waals surface area contributed by atoms with E-state index >= 15 is 0 Å². The fraction of sp³-hybridized carbons (Fsp3) is 0.409. The molecule has 0 spiro atoms. The van der Waals surface area contributed by atoms with E-state index in [1.54, 1.807) is 24.1 Å². The van der Waals surface area contributed by atoms with Crippen molar-refractivity contribution in [2.24, 2.45) is 0 Å². The van der Waals surface area contributed by atoms with E-state index in [9.17, 15) is 18.3 Å². The number of amides is 1. The smallest absolute Gasteiger partial charge is 0.236 e. The zero-order valence-electron chi connectivity index (χ0n) is 17.0. The Kier molecular flexibility index (Phi) is 6.00. The minimum atomic E-state index is -3.33. The molecule has 1 fully saturated rings. The van der Waals surface area contributed by atoms with E-state index in [1.807, 2.05) is 31.2 Å². The number of hydrogen-bond acceptors (Lipinski definition) is 5. The molecule has 156 valence electrons. The number of benzene rings is 2. The van der Waals surface area contributed by atoms with Crippen LogP contribution in [0.5, 0.6) is 5.75 Å². The Hall–Kier alpha value is -2.38. The van der Waals surface area contributed by atoms with E-state index < -0.39 is 21.4 Å². The Morgan fingerprint density at radius 1 is 1.14 bits per heavy atom. The van der Waals surface area contributed by atoms with Crippen molar-refractivity contribution in [3.05, 3.63) is 59.7 Å². The molecule has 1 N–H and O–H groups in total. The van der Waals surface area contributed by atoms with E-state index in [-0.39, 0.29) is 17.3 Å². The number of sulfone groups is 1. The SMILES string of the molecule is CCC[C@]1(c2ccc(S(C)(=O)=O)cc2)C(=O)N(Cc2ccc(OC)cc2)C[C@@H]1O. The van der Waals surface area contributed by atoms with Crippen LogP contribution in [0.1, 0.15) is 30.9 Å². The Labute approximate surface area is 172 Å². The van der Waals surface area contributed by atoms with Crippen molar-refractivity contribution in [2.75, 3.05) is 19.9 Å². The van der Waals surface area contributed by atoms with Crippen LogP contribution in [0.3, 0.4) is 0 Å². The molecule has 6 nitrogen and oxygen atoms in total. The lowest BCUT2D eigenvalue weighted by Gasteiger charge is -2.30. The van der Waals surface area contributed by atoms with Crippen molar-refractivity contribution in [1.29, 1.82) is 0 Å². The maximum atomic E-state index is 13.5. The van der Waals surface area contributed by atoms with Crippen LogP contribution in [0.15, 0.2) is 53.4 Å². The summed E-state index contributed by atoms with van der Waals surface area (Å²) in [6, 6.07) is 13.8. The predicted molar refractivity (Wildman–Crippen MR) is 111 cm³/mol. The lowest BCUT2D eigenvalue weighted by Crippen LogP contribution is -2.43. The molecule has 2 atom stereocenters. The van der Waals surface area contributed by atoms with Crippen LogP contribution in [0.4, 0.5) is 0 Å². The number of carbonyl (C=O) groups excluding carboxylic acids is 1. The van der Waals surface area contributed by atoms with Gasteiger partial charge in [0, 0.05) is 19.3 Å². The number of hydrogen-bond donors (Lipinski definition) is 1. The standard InChI is InChI=1S/C22H27NO5S/c1-4-13-22(17-7-11-19(12-8-17)29(3,26)27)20(24)15-23(21(22)25)14-16-5-9-18(28-2)10-6-16/h5-12,20,24H,4,13-15H2,1-3H3/t20-,22+/m0/s1. The highest BCUT2D eigenvalue weighted by atomic mass is 32.2. The van der Waals surface area contributed by atoms with Gasteiger partial charge >= 0.3 is 0 Å². The molecule has 29 heavy (non-hydrogen) atoms. The number of likely N-dealkylation sites (tertiary alicyclic amines) is 1. The quantitative estimate of drug-likeness (QED) is 0.748. The predicted octanol–water partition coefficient (Wildman–Crippen LogP) is 2.54. The molecular weight excluding hydrogens is 390 g/mol. The third kappa shape index (κ3) is 4.02. The molecule has 1 aliphatic rings. The molecule has 0 radical (unpaired) electrons. The monoisotopic (exact) mass is 417 g/mol. The summed E-state index contributed by atoms with van der Waals surface area (Å²) in [5.41, 5.74) is 0.546. The summed E-state index contributed by atoms with van der Waals surface area (Å²) >= 11 is 0. The molecule has 1 heterocycles. The van der Waals surface area contributed by atoms with Gasteiger partial charge < -0.3 is 14.7 Å². The van der Waals surface area contributed by atoms with Crippen LogP contribution in [0, 0.1) is 0 Å². The molecule has 2 aromatic carbocycles. The number of rotatable bonds is 7. The molecule has 3 rings (SSSR count). The summed E-state index contributed by atoms with van der Waals surface area (Å²) in [7, 11) is -1.73. The summed E-state index contributed by atoms with van der Waals surface area (Å²) in [4.78, 5) is 15.3. The molecule has 0 unspecified atom stereocenters. The Morgan fingerprint density at radius 2 is 1.76 bits per heavy atom. The summed E-state index contributed by atoms with van der Waals surface area (Å²) in [6.45, 7) is 2.60. The average Bonchev–Trinajstić information content (AvgIpc) is 2.93. The lowest BCUT2D eigenvalue weighted by molar-refractivity contribution is -0.134. The number of ether oxygens (including phenoxy) is 1. The molecule has 1 saturated heterocycles. The van der Waals surface area contributed by atoms with Crippen molar-refractivity contribution in [3.63, 3.8) is 0 Å². The van der Waals surface area contributed by atoms with E-state index in [2.05, 4.69) is 0 Å². The molecule has 0 aliphatic carbocycles. The fourth-order valence-electron chi connectivity index (χ4n) is 4.09. The third-order valence-electron chi connectivity index (χ3n) is 5.61. The zero-order chi connectivity index (χ0) is 21.2. The lowest BCUT2D eigenvalue weighted by atomic mass is 9.73. The van der Waals surface area contributed by atoms with Gasteiger partial charge in [-0.05, 0) is 41.8 Å². The highest BCUT2D eigenvalue weighted by Crippen LogP contribution is 2.41. The van der Waals surface area contributed by atoms with Crippen molar-refractivity contribution in [2.45, 2.75) is 42.7 Å². The summed E-state index contributed by atoms with van der Waals surface area (Å²) in [5, 5.41) is 11.0. The highest BCUT2D eigenvalue weighted by Gasteiger charge is 2.53. The van der Waals surface area contributed by atoms with Crippen LogP contribution in [-0.2, 0) is 26.6 Å². The molecular formula is C22H27NO5S. The first-order valence-electron chi connectivity index (χ1n) is 9.63. The number of aliphatic hydroxyl groups is 1. The summed E-state index contributed by atoms with van der Waals surface area (Å²) in [5.74, 6) is 0.614. The van der Waals surface area contributed by atoms with Crippen LogP contribution in [0.2, 0.25) is 0 Å². The van der Waals surface area contributed by atoms with Gasteiger partial charge in [0.05, 0.1) is 18.1 Å². The van der Waals surface area contributed by atoms with E-state index in [1.165, 1.54) is 12.1 Å². The number of β-amino-alcohol motifs (C(OH)–C–C–N with tert-alkyl or cyclic N) is 1. The fourth-order valence-corrected chi connectivity index (χ4v) is 4.72. The van der Waals surface area contributed by atoms with Crippen LogP contribution in [0.25, 0.3) is 0 Å².